The molecule has 1 fully saturated rings. The summed E-state index contributed by atoms with van der Waals surface area (Å²) in [5, 5.41) is 22.6. The van der Waals surface area contributed by atoms with Gasteiger partial charge in [-0.05, 0) is 37.5 Å². The van der Waals surface area contributed by atoms with Crippen LogP contribution < -0.4 is 5.32 Å². The highest BCUT2D eigenvalue weighted by atomic mass is 35.5. The van der Waals surface area contributed by atoms with Gasteiger partial charge in [0.25, 0.3) is 11.8 Å². The van der Waals surface area contributed by atoms with Crippen LogP contribution in [-0.4, -0.2) is 80.7 Å². The van der Waals surface area contributed by atoms with E-state index in [-0.39, 0.29) is 37.7 Å². The van der Waals surface area contributed by atoms with Crippen LogP contribution >= 0.6 is 11.6 Å². The molecule has 12 heteroatoms. The quantitative estimate of drug-likeness (QED) is 0.448. The molecule has 1 aromatic heterocycles. The van der Waals surface area contributed by atoms with E-state index in [9.17, 15) is 28.2 Å². The molecule has 2 aliphatic rings. The Bertz CT molecular complexity index is 1200. The van der Waals surface area contributed by atoms with Crippen LogP contribution in [0.2, 0.25) is 5.02 Å². The van der Waals surface area contributed by atoms with E-state index >= 15 is 0 Å². The third-order valence-corrected chi connectivity index (χ3v) is 10.2. The molecule has 3 N–H and O–H groups in total. The number of imidazole rings is 1. The van der Waals surface area contributed by atoms with Crippen LogP contribution in [-0.2, 0) is 22.9 Å². The number of halogens is 1. The third-order valence-electron chi connectivity index (χ3n) is 6.70. The second-order valence-corrected chi connectivity index (χ2v) is 12.4. The highest BCUT2D eigenvalue weighted by Crippen LogP contribution is 2.49. The van der Waals surface area contributed by atoms with Gasteiger partial charge in [0.1, 0.15) is 10.4 Å². The number of nitrogens with zero attached hydrogens (tertiary/aromatic N) is 3. The van der Waals surface area contributed by atoms with Gasteiger partial charge in [-0.3, -0.25) is 9.59 Å². The molecule has 0 saturated heterocycles. The Hall–Kier alpha value is -2.47. The molecule has 4 rings (SSSR count). The van der Waals surface area contributed by atoms with Crippen LogP contribution in [0.4, 0.5) is 0 Å². The maximum absolute atomic E-state index is 13.2. The minimum Gasteiger partial charge on any atom is -0.395 e. The van der Waals surface area contributed by atoms with Crippen molar-refractivity contribution in [1.82, 2.24) is 19.8 Å². The van der Waals surface area contributed by atoms with E-state index in [0.717, 1.165) is 5.56 Å². The number of carbonyl (C=O) groups excluding carboxylic acids is 2. The number of fused-ring (bicyclic) bond motifs is 1. The van der Waals surface area contributed by atoms with Crippen molar-refractivity contribution in [2.75, 3.05) is 26.3 Å². The van der Waals surface area contributed by atoms with E-state index in [4.69, 9.17) is 11.6 Å². The summed E-state index contributed by atoms with van der Waals surface area (Å²) in [6, 6.07) is 7.05. The largest absolute Gasteiger partial charge is 0.395 e. The Balaban J connectivity index is 1.47. The Morgan fingerprint density at radius 2 is 1.85 bits per heavy atom. The lowest BCUT2D eigenvalue weighted by molar-refractivity contribution is 0.0697. The highest BCUT2D eigenvalue weighted by Gasteiger charge is 2.62. The topological polar surface area (TPSA) is 142 Å². The highest BCUT2D eigenvalue weighted by molar-refractivity contribution is 7.94. The number of benzene rings is 1. The first-order valence-corrected chi connectivity index (χ1v) is 12.8. The first-order chi connectivity index (χ1) is 16.1. The molecule has 0 radical (unpaired) electrons. The first kappa shape index (κ1) is 24.6. The fourth-order valence-corrected chi connectivity index (χ4v) is 6.67. The lowest BCUT2D eigenvalue weighted by Crippen LogP contribution is -2.54. The molecule has 0 bridgehead atoms. The molecule has 1 aliphatic carbocycles. The maximum Gasteiger partial charge on any atom is 0.287 e. The van der Waals surface area contributed by atoms with Gasteiger partial charge in [-0.1, -0.05) is 23.7 Å². The van der Waals surface area contributed by atoms with Gasteiger partial charge >= 0.3 is 0 Å². The second kappa shape index (κ2) is 8.95. The Kier molecular flexibility index (Phi) is 6.49. The Morgan fingerprint density at radius 3 is 2.44 bits per heavy atom. The maximum atomic E-state index is 13.2. The molecule has 2 heterocycles. The molecule has 2 aromatic rings. The van der Waals surface area contributed by atoms with Crippen molar-refractivity contribution in [3.05, 3.63) is 52.6 Å². The van der Waals surface area contributed by atoms with Crippen LogP contribution in [0.25, 0.3) is 0 Å². The summed E-state index contributed by atoms with van der Waals surface area (Å²) in [5.74, 6) is -0.726. The monoisotopic (exact) mass is 510 g/mol. The molecule has 0 atom stereocenters. The van der Waals surface area contributed by atoms with Gasteiger partial charge in [0, 0.05) is 31.2 Å². The van der Waals surface area contributed by atoms with Gasteiger partial charge in [0.15, 0.2) is 15.7 Å². The molecule has 1 saturated carbocycles. The van der Waals surface area contributed by atoms with Crippen LogP contribution in [0.1, 0.15) is 46.4 Å². The number of sulfone groups is 1. The zero-order valence-electron chi connectivity index (χ0n) is 18.7. The van der Waals surface area contributed by atoms with Crippen LogP contribution in [0.5, 0.6) is 0 Å². The van der Waals surface area contributed by atoms with E-state index < -0.39 is 44.4 Å². The number of hydrogen-bond acceptors (Lipinski definition) is 7. The normalized spacial score (nSPS) is 17.4. The molecule has 1 aliphatic heterocycles. The van der Waals surface area contributed by atoms with Crippen molar-refractivity contribution in [3.63, 3.8) is 0 Å². The van der Waals surface area contributed by atoms with Crippen molar-refractivity contribution in [2.45, 2.75) is 42.3 Å². The van der Waals surface area contributed by atoms with Crippen LogP contribution in [0.15, 0.2) is 30.5 Å². The number of amides is 2. The fourth-order valence-electron chi connectivity index (χ4n) is 4.19. The number of aliphatic hydroxyl groups is 2. The summed E-state index contributed by atoms with van der Waals surface area (Å²) in [6.07, 6.45) is 2.03. The van der Waals surface area contributed by atoms with E-state index in [2.05, 4.69) is 10.3 Å². The molecule has 10 nitrogen and oxygen atoms in total. The summed E-state index contributed by atoms with van der Waals surface area (Å²) in [4.78, 5) is 31.4. The zero-order chi connectivity index (χ0) is 24.7. The number of aliphatic hydroxyl groups excluding tert-OH is 2. The van der Waals surface area contributed by atoms with Crippen LogP contribution in [0.3, 0.4) is 0 Å². The summed E-state index contributed by atoms with van der Waals surface area (Å²) in [6.45, 7) is 0.639. The molecule has 0 unspecified atom stereocenters. The Morgan fingerprint density at radius 1 is 1.21 bits per heavy atom. The third kappa shape index (κ3) is 4.10. The SMILES string of the molecule is CC(CO)(CO)S(=O)(=O)C1(CN2CCn3c(cnc3C(=O)NCc3ccc(Cl)cc3)C2=O)CC1. The molecular weight excluding hydrogens is 484 g/mol. The average molecular weight is 511 g/mol. The number of hydrogen-bond donors (Lipinski definition) is 3. The minimum atomic E-state index is -3.92. The van der Waals surface area contributed by atoms with Crippen molar-refractivity contribution in [2.24, 2.45) is 0 Å². The smallest absolute Gasteiger partial charge is 0.287 e. The van der Waals surface area contributed by atoms with E-state index in [1.807, 2.05) is 0 Å². The number of nitrogens with one attached hydrogen (secondary N) is 1. The predicted molar refractivity (Wildman–Crippen MR) is 124 cm³/mol. The van der Waals surface area contributed by atoms with E-state index in [1.165, 1.54) is 22.6 Å². The predicted octanol–water partition coefficient (Wildman–Crippen LogP) is 0.613. The molecule has 34 heavy (non-hydrogen) atoms. The summed E-state index contributed by atoms with van der Waals surface area (Å²) >= 11 is 5.87. The van der Waals surface area contributed by atoms with Gasteiger partial charge < -0.3 is 25.0 Å². The van der Waals surface area contributed by atoms with Gasteiger partial charge in [0.05, 0.1) is 24.2 Å². The molecule has 1 aromatic carbocycles. The van der Waals surface area contributed by atoms with Gasteiger partial charge in [-0.25, -0.2) is 13.4 Å². The molecule has 184 valence electrons. The number of aromatic nitrogens is 2. The number of rotatable bonds is 9. The van der Waals surface area contributed by atoms with E-state index in [1.54, 1.807) is 24.3 Å². The lowest BCUT2D eigenvalue weighted by Gasteiger charge is -2.35. The van der Waals surface area contributed by atoms with Gasteiger partial charge in [0.2, 0.25) is 0 Å². The minimum absolute atomic E-state index is 0.0347. The van der Waals surface area contributed by atoms with Gasteiger partial charge in [-0.15, -0.1) is 0 Å². The first-order valence-electron chi connectivity index (χ1n) is 10.9. The van der Waals surface area contributed by atoms with Crippen molar-refractivity contribution >= 4 is 33.3 Å². The second-order valence-electron chi connectivity index (χ2n) is 9.11. The van der Waals surface area contributed by atoms with Crippen molar-refractivity contribution in [1.29, 1.82) is 0 Å². The fraction of sp³-hybridized carbons (Fsp3) is 0.500. The summed E-state index contributed by atoms with van der Waals surface area (Å²) < 4.78 is 25.0. The van der Waals surface area contributed by atoms with Crippen molar-refractivity contribution in [3.8, 4) is 0 Å². The Labute approximate surface area is 202 Å². The lowest BCUT2D eigenvalue weighted by atomic mass is 10.2. The van der Waals surface area contributed by atoms with Crippen molar-refractivity contribution < 1.29 is 28.2 Å². The zero-order valence-corrected chi connectivity index (χ0v) is 20.3. The van der Waals surface area contributed by atoms with E-state index in [0.29, 0.717) is 17.9 Å². The summed E-state index contributed by atoms with van der Waals surface area (Å²) in [5.41, 5.74) is 1.07. The molecular formula is C22H27ClN4O6S. The number of carbonyl (C=O) groups is 2. The molecule has 2 amide bonds. The average Bonchev–Trinajstić information content (AvgIpc) is 3.50. The van der Waals surface area contributed by atoms with Gasteiger partial charge in [-0.2, -0.15) is 0 Å². The standard InChI is InChI=1S/C22H27ClN4O6S/c1-21(13-28,14-29)34(32,33)22(6-7-22)12-26-8-9-27-17(20(26)31)11-24-18(27)19(30)25-10-15-2-4-16(23)5-3-15/h2-5,11,28-29H,6-10,12-14H2,1H3,(H,25,30). The molecule has 0 spiro atoms. The van der Waals surface area contributed by atoms with Crippen LogP contribution in [0, 0.1) is 0 Å². The summed E-state index contributed by atoms with van der Waals surface area (Å²) in [7, 11) is -3.92.